The van der Waals surface area contributed by atoms with E-state index in [1.165, 1.54) is 0 Å². The second-order valence-electron chi connectivity index (χ2n) is 4.19. The summed E-state index contributed by atoms with van der Waals surface area (Å²) in [5.41, 5.74) is 0.149. The second kappa shape index (κ2) is 7.18. The van der Waals surface area contributed by atoms with Crippen LogP contribution in [0.4, 0.5) is 10.2 Å². The molecule has 0 saturated carbocycles. The minimum Gasteiger partial charge on any atom is -0.370 e. The number of amides is 1. The highest BCUT2D eigenvalue weighted by atomic mass is 32.2. The van der Waals surface area contributed by atoms with Crippen molar-refractivity contribution in [1.82, 2.24) is 10.3 Å². The van der Waals surface area contributed by atoms with Gasteiger partial charge in [0.15, 0.2) is 0 Å². The lowest BCUT2D eigenvalue weighted by Crippen LogP contribution is -2.36. The van der Waals surface area contributed by atoms with Crippen LogP contribution in [0.3, 0.4) is 0 Å². The average Bonchev–Trinajstić information content (AvgIpc) is 2.30. The Labute approximate surface area is 114 Å². The number of rotatable bonds is 6. The van der Waals surface area contributed by atoms with Crippen LogP contribution < -0.4 is 10.6 Å². The van der Waals surface area contributed by atoms with E-state index in [1.807, 2.05) is 6.92 Å². The number of hydrogen-bond donors (Lipinski definition) is 2. The van der Waals surface area contributed by atoms with Crippen molar-refractivity contribution >= 4 is 22.5 Å². The summed E-state index contributed by atoms with van der Waals surface area (Å²) in [5, 5.41) is 5.57. The van der Waals surface area contributed by atoms with Crippen molar-refractivity contribution in [3.8, 4) is 0 Å². The van der Waals surface area contributed by atoms with E-state index in [9.17, 15) is 13.4 Å². The maximum absolute atomic E-state index is 13.2. The molecule has 1 heterocycles. The third kappa shape index (κ3) is 4.94. The molecule has 0 aliphatic rings. The van der Waals surface area contributed by atoms with E-state index in [4.69, 9.17) is 0 Å². The van der Waals surface area contributed by atoms with E-state index in [0.717, 1.165) is 12.3 Å². The fourth-order valence-electron chi connectivity index (χ4n) is 1.62. The fraction of sp³-hybridized carbons (Fsp3) is 0.500. The molecule has 1 rings (SSSR count). The average molecular weight is 287 g/mol. The molecule has 0 saturated heterocycles. The fourth-order valence-corrected chi connectivity index (χ4v) is 2.40. The Morgan fingerprint density at radius 2 is 2.26 bits per heavy atom. The monoisotopic (exact) mass is 287 g/mol. The number of pyridine rings is 1. The van der Waals surface area contributed by atoms with Crippen LogP contribution in [0.1, 0.15) is 24.2 Å². The van der Waals surface area contributed by atoms with Crippen molar-refractivity contribution in [2.45, 2.75) is 19.9 Å². The molecule has 0 spiro atoms. The Bertz CT molecular complexity index is 482. The van der Waals surface area contributed by atoms with Crippen molar-refractivity contribution in [2.24, 2.45) is 0 Å². The molecule has 2 unspecified atom stereocenters. The molecule has 5 nitrogen and oxygen atoms in total. The Hall–Kier alpha value is -1.50. The van der Waals surface area contributed by atoms with Crippen molar-refractivity contribution in [3.63, 3.8) is 0 Å². The minimum atomic E-state index is -1.00. The minimum absolute atomic E-state index is 0.149. The molecule has 19 heavy (non-hydrogen) atoms. The Balaban J connectivity index is 2.85. The zero-order valence-electron chi connectivity index (χ0n) is 11.2. The van der Waals surface area contributed by atoms with Gasteiger partial charge in [-0.1, -0.05) is 0 Å². The van der Waals surface area contributed by atoms with Crippen LogP contribution in [0.15, 0.2) is 12.3 Å². The van der Waals surface area contributed by atoms with Gasteiger partial charge in [-0.05, 0) is 19.9 Å². The van der Waals surface area contributed by atoms with E-state index in [0.29, 0.717) is 18.1 Å². The predicted octanol–water partition coefficient (Wildman–Crippen LogP) is 1.15. The topological polar surface area (TPSA) is 71.1 Å². The van der Waals surface area contributed by atoms with Crippen LogP contribution >= 0.6 is 0 Å². The number of anilines is 1. The lowest BCUT2D eigenvalue weighted by atomic mass is 10.2. The maximum atomic E-state index is 13.2. The largest absolute Gasteiger partial charge is 0.370 e. The van der Waals surface area contributed by atoms with E-state index in [2.05, 4.69) is 15.6 Å². The number of hydrogen-bond acceptors (Lipinski definition) is 4. The van der Waals surface area contributed by atoms with Gasteiger partial charge >= 0.3 is 0 Å². The van der Waals surface area contributed by atoms with E-state index >= 15 is 0 Å². The van der Waals surface area contributed by atoms with Crippen LogP contribution in [-0.4, -0.2) is 39.7 Å². The van der Waals surface area contributed by atoms with Gasteiger partial charge < -0.3 is 10.6 Å². The highest BCUT2D eigenvalue weighted by Crippen LogP contribution is 2.13. The first-order valence-corrected chi connectivity index (χ1v) is 7.67. The van der Waals surface area contributed by atoms with Gasteiger partial charge in [0.1, 0.15) is 11.6 Å². The summed E-state index contributed by atoms with van der Waals surface area (Å²) in [6.07, 6.45) is 2.62. The molecule has 2 atom stereocenters. The molecular formula is C12H18FN3O2S. The summed E-state index contributed by atoms with van der Waals surface area (Å²) < 4.78 is 24.2. The summed E-state index contributed by atoms with van der Waals surface area (Å²) in [5.74, 6) is -0.309. The van der Waals surface area contributed by atoms with Gasteiger partial charge in [0, 0.05) is 35.4 Å². The lowest BCUT2D eigenvalue weighted by Gasteiger charge is -2.14. The SMILES string of the molecule is CCNc1ncc(F)cc1C(=O)NC(C)CS(C)=O. The highest BCUT2D eigenvalue weighted by molar-refractivity contribution is 7.84. The van der Waals surface area contributed by atoms with Crippen LogP contribution in [0, 0.1) is 5.82 Å². The molecule has 0 bridgehead atoms. The highest BCUT2D eigenvalue weighted by Gasteiger charge is 2.16. The molecular weight excluding hydrogens is 269 g/mol. The molecule has 1 aromatic rings. The van der Waals surface area contributed by atoms with Crippen LogP contribution in [0.2, 0.25) is 0 Å². The van der Waals surface area contributed by atoms with Gasteiger partial charge in [-0.2, -0.15) is 0 Å². The second-order valence-corrected chi connectivity index (χ2v) is 5.67. The molecule has 106 valence electrons. The third-order valence-electron chi connectivity index (χ3n) is 2.31. The molecule has 0 aliphatic carbocycles. The zero-order chi connectivity index (χ0) is 14.4. The van der Waals surface area contributed by atoms with Gasteiger partial charge in [0.25, 0.3) is 5.91 Å². The smallest absolute Gasteiger partial charge is 0.255 e. The number of carbonyl (C=O) groups excluding carboxylic acids is 1. The lowest BCUT2D eigenvalue weighted by molar-refractivity contribution is 0.0943. The molecule has 2 N–H and O–H groups in total. The van der Waals surface area contributed by atoms with Gasteiger partial charge in [-0.25, -0.2) is 9.37 Å². The van der Waals surface area contributed by atoms with Crippen LogP contribution in [-0.2, 0) is 10.8 Å². The zero-order valence-corrected chi connectivity index (χ0v) is 12.0. The number of carbonyl (C=O) groups is 1. The Kier molecular flexibility index (Phi) is 5.88. The van der Waals surface area contributed by atoms with E-state index in [1.54, 1.807) is 13.2 Å². The molecule has 0 radical (unpaired) electrons. The third-order valence-corrected chi connectivity index (χ3v) is 3.27. The molecule has 1 aromatic heterocycles. The summed E-state index contributed by atoms with van der Waals surface area (Å²) in [4.78, 5) is 15.9. The van der Waals surface area contributed by atoms with Gasteiger partial charge in [0.2, 0.25) is 0 Å². The number of nitrogens with zero attached hydrogens (tertiary/aromatic N) is 1. The quantitative estimate of drug-likeness (QED) is 0.823. The molecule has 0 aromatic carbocycles. The number of aromatic nitrogens is 1. The summed E-state index contributed by atoms with van der Waals surface area (Å²) in [7, 11) is -1.00. The Morgan fingerprint density at radius 1 is 1.58 bits per heavy atom. The molecule has 0 fully saturated rings. The van der Waals surface area contributed by atoms with Crippen LogP contribution in [0.5, 0.6) is 0 Å². The van der Waals surface area contributed by atoms with Gasteiger partial charge in [-0.3, -0.25) is 9.00 Å². The van der Waals surface area contributed by atoms with Crippen molar-refractivity contribution < 1.29 is 13.4 Å². The Morgan fingerprint density at radius 3 is 2.84 bits per heavy atom. The van der Waals surface area contributed by atoms with E-state index in [-0.39, 0.29) is 11.6 Å². The van der Waals surface area contributed by atoms with E-state index < -0.39 is 22.5 Å². The van der Waals surface area contributed by atoms with Gasteiger partial charge in [0.05, 0.1) is 11.8 Å². The van der Waals surface area contributed by atoms with Crippen molar-refractivity contribution in [3.05, 3.63) is 23.6 Å². The molecule has 7 heteroatoms. The first-order valence-electron chi connectivity index (χ1n) is 5.94. The normalized spacial score (nSPS) is 13.7. The first-order chi connectivity index (χ1) is 8.93. The maximum Gasteiger partial charge on any atom is 0.255 e. The summed E-state index contributed by atoms with van der Waals surface area (Å²) in [6.45, 7) is 4.18. The predicted molar refractivity (Wildman–Crippen MR) is 74.2 cm³/mol. The molecule has 0 aliphatic heterocycles. The number of halogens is 1. The van der Waals surface area contributed by atoms with Gasteiger partial charge in [-0.15, -0.1) is 0 Å². The number of nitrogens with one attached hydrogen (secondary N) is 2. The van der Waals surface area contributed by atoms with Crippen molar-refractivity contribution in [2.75, 3.05) is 23.9 Å². The summed E-state index contributed by atoms with van der Waals surface area (Å²) in [6, 6.07) is 0.881. The standard InChI is InChI=1S/C12H18FN3O2S/c1-4-14-11-10(5-9(13)6-15-11)12(17)16-8(2)7-19(3)18/h5-6,8H,4,7H2,1-3H3,(H,14,15)(H,16,17). The molecule has 1 amide bonds. The first kappa shape index (κ1) is 15.6. The van der Waals surface area contributed by atoms with Crippen LogP contribution in [0.25, 0.3) is 0 Å². The summed E-state index contributed by atoms with van der Waals surface area (Å²) >= 11 is 0. The van der Waals surface area contributed by atoms with Crippen molar-refractivity contribution in [1.29, 1.82) is 0 Å².